The first-order chi connectivity index (χ1) is 8.95. The van der Waals surface area contributed by atoms with Crippen molar-refractivity contribution in [1.29, 1.82) is 0 Å². The maximum Gasteiger partial charge on any atom is 0.281 e. The number of phenols is 1. The highest BCUT2D eigenvalue weighted by Crippen LogP contribution is 2.22. The molecule has 1 aromatic carbocycles. The van der Waals surface area contributed by atoms with Gasteiger partial charge in [-0.25, -0.2) is 4.98 Å². The molecule has 1 aromatic heterocycles. The standard InChI is InChI=1S/C12H15N3O3S/c1-3-11-13-8-12(14-11)19(17,18)15(2)9-4-6-10(16)7-5-9/h4-8,16H,3H2,1-2H3,(H,13,14). The van der Waals surface area contributed by atoms with E-state index in [0.717, 1.165) is 4.31 Å². The number of phenolic OH excluding ortho intramolecular Hbond substituents is 1. The minimum Gasteiger partial charge on any atom is -0.508 e. The zero-order chi connectivity index (χ0) is 14.0. The Kier molecular flexibility index (Phi) is 3.48. The van der Waals surface area contributed by atoms with Gasteiger partial charge in [0.1, 0.15) is 11.6 Å². The summed E-state index contributed by atoms with van der Waals surface area (Å²) in [7, 11) is -2.21. The van der Waals surface area contributed by atoms with Crippen LogP contribution in [0, 0.1) is 0 Å². The Bertz CT molecular complexity index is 662. The molecule has 1 heterocycles. The molecule has 6 nitrogen and oxygen atoms in total. The van der Waals surface area contributed by atoms with Crippen LogP contribution in [0.25, 0.3) is 0 Å². The predicted octanol–water partition coefficient (Wildman–Crippen LogP) is 1.50. The molecule has 2 rings (SSSR count). The lowest BCUT2D eigenvalue weighted by atomic mass is 10.3. The largest absolute Gasteiger partial charge is 0.508 e. The van der Waals surface area contributed by atoms with Crippen molar-refractivity contribution in [2.75, 3.05) is 11.4 Å². The number of imidazole rings is 1. The van der Waals surface area contributed by atoms with Gasteiger partial charge in [0.15, 0.2) is 5.03 Å². The zero-order valence-corrected chi connectivity index (χ0v) is 11.5. The molecule has 0 fully saturated rings. The molecule has 0 saturated carbocycles. The lowest BCUT2D eigenvalue weighted by Gasteiger charge is -2.18. The number of nitrogens with zero attached hydrogens (tertiary/aromatic N) is 2. The van der Waals surface area contributed by atoms with Crippen LogP contribution >= 0.6 is 0 Å². The second kappa shape index (κ2) is 4.93. The van der Waals surface area contributed by atoms with Crippen LogP contribution in [0.1, 0.15) is 12.7 Å². The van der Waals surface area contributed by atoms with Crippen LogP contribution in [-0.2, 0) is 16.4 Å². The van der Waals surface area contributed by atoms with Crippen LogP contribution in [-0.4, -0.2) is 30.5 Å². The molecule has 0 saturated heterocycles. The molecule has 19 heavy (non-hydrogen) atoms. The maximum atomic E-state index is 12.3. The highest BCUT2D eigenvalue weighted by atomic mass is 32.2. The molecule has 2 N–H and O–H groups in total. The number of hydrogen-bond acceptors (Lipinski definition) is 4. The Hall–Kier alpha value is -2.02. The smallest absolute Gasteiger partial charge is 0.281 e. The molecule has 0 aliphatic rings. The van der Waals surface area contributed by atoms with Crippen LogP contribution in [0.4, 0.5) is 5.69 Å². The van der Waals surface area contributed by atoms with Crippen LogP contribution in [0.5, 0.6) is 5.75 Å². The number of aromatic hydroxyl groups is 1. The molecule has 2 aromatic rings. The first-order valence-corrected chi connectivity index (χ1v) is 7.21. The number of anilines is 1. The predicted molar refractivity (Wildman–Crippen MR) is 71.7 cm³/mol. The maximum absolute atomic E-state index is 12.3. The van der Waals surface area contributed by atoms with E-state index in [0.29, 0.717) is 17.9 Å². The van der Waals surface area contributed by atoms with Crippen molar-refractivity contribution in [1.82, 2.24) is 9.97 Å². The lowest BCUT2D eigenvalue weighted by Crippen LogP contribution is -2.26. The van der Waals surface area contributed by atoms with Gasteiger partial charge in [-0.3, -0.25) is 4.31 Å². The number of rotatable bonds is 4. The summed E-state index contributed by atoms with van der Waals surface area (Å²) in [5.74, 6) is 0.710. The number of hydrogen-bond donors (Lipinski definition) is 2. The average Bonchev–Trinajstić information content (AvgIpc) is 2.88. The van der Waals surface area contributed by atoms with Gasteiger partial charge in [-0.2, -0.15) is 8.42 Å². The fourth-order valence-electron chi connectivity index (χ4n) is 1.60. The van der Waals surface area contributed by atoms with Crippen LogP contribution < -0.4 is 4.31 Å². The number of sulfonamides is 1. The first kappa shape index (κ1) is 13.4. The molecular formula is C12H15N3O3S. The lowest BCUT2D eigenvalue weighted by molar-refractivity contribution is 0.475. The van der Waals surface area contributed by atoms with E-state index in [1.54, 1.807) is 0 Å². The number of benzene rings is 1. The van der Waals surface area contributed by atoms with Crippen molar-refractivity contribution in [3.8, 4) is 5.75 Å². The van der Waals surface area contributed by atoms with Gasteiger partial charge in [0, 0.05) is 13.5 Å². The van der Waals surface area contributed by atoms with Gasteiger partial charge < -0.3 is 10.1 Å². The molecule has 0 aliphatic heterocycles. The Morgan fingerprint density at radius 2 is 1.95 bits per heavy atom. The van der Waals surface area contributed by atoms with E-state index < -0.39 is 10.0 Å². The monoisotopic (exact) mass is 281 g/mol. The van der Waals surface area contributed by atoms with Gasteiger partial charge in [-0.15, -0.1) is 0 Å². The first-order valence-electron chi connectivity index (χ1n) is 5.77. The molecule has 7 heteroatoms. The minimum atomic E-state index is -3.66. The summed E-state index contributed by atoms with van der Waals surface area (Å²) >= 11 is 0. The number of aryl methyl sites for hydroxylation is 1. The van der Waals surface area contributed by atoms with Gasteiger partial charge in [0.2, 0.25) is 0 Å². The SMILES string of the molecule is CCc1ncc(S(=O)(=O)N(C)c2ccc(O)cc2)[nH]1. The number of H-pyrrole nitrogens is 1. The summed E-state index contributed by atoms with van der Waals surface area (Å²) in [4.78, 5) is 6.76. The molecule has 0 aliphatic carbocycles. The summed E-state index contributed by atoms with van der Waals surface area (Å²) in [6, 6.07) is 5.94. The van der Waals surface area contributed by atoms with Crippen molar-refractivity contribution in [3.63, 3.8) is 0 Å². The van der Waals surface area contributed by atoms with E-state index in [1.165, 1.54) is 37.5 Å². The summed E-state index contributed by atoms with van der Waals surface area (Å²) < 4.78 is 25.8. The average molecular weight is 281 g/mol. The second-order valence-corrected chi connectivity index (χ2v) is 5.97. The highest BCUT2D eigenvalue weighted by molar-refractivity contribution is 7.92. The fraction of sp³-hybridized carbons (Fsp3) is 0.250. The van der Waals surface area contributed by atoms with Gasteiger partial charge in [0.25, 0.3) is 10.0 Å². The Morgan fingerprint density at radius 1 is 1.32 bits per heavy atom. The number of aromatic nitrogens is 2. The molecule has 0 spiro atoms. The molecular weight excluding hydrogens is 266 g/mol. The number of nitrogens with one attached hydrogen (secondary N) is 1. The normalized spacial score (nSPS) is 11.5. The Morgan fingerprint density at radius 3 is 2.47 bits per heavy atom. The minimum absolute atomic E-state index is 0.0555. The quantitative estimate of drug-likeness (QED) is 0.889. The molecule has 0 radical (unpaired) electrons. The Labute approximate surface area is 111 Å². The van der Waals surface area contributed by atoms with Gasteiger partial charge in [0.05, 0.1) is 11.9 Å². The summed E-state index contributed by atoms with van der Waals surface area (Å²) in [6.07, 6.45) is 1.95. The van der Waals surface area contributed by atoms with Gasteiger partial charge in [-0.1, -0.05) is 6.92 Å². The topological polar surface area (TPSA) is 86.3 Å². The summed E-state index contributed by atoms with van der Waals surface area (Å²) in [6.45, 7) is 1.89. The van der Waals surface area contributed by atoms with E-state index in [4.69, 9.17) is 0 Å². The van der Waals surface area contributed by atoms with E-state index in [1.807, 2.05) is 6.92 Å². The molecule has 102 valence electrons. The van der Waals surface area contributed by atoms with E-state index in [2.05, 4.69) is 9.97 Å². The van der Waals surface area contributed by atoms with Crippen LogP contribution in [0.3, 0.4) is 0 Å². The summed E-state index contributed by atoms with van der Waals surface area (Å²) in [5, 5.41) is 9.26. The van der Waals surface area contributed by atoms with Crippen molar-refractivity contribution < 1.29 is 13.5 Å². The van der Waals surface area contributed by atoms with Crippen LogP contribution in [0.2, 0.25) is 0 Å². The van der Waals surface area contributed by atoms with Crippen molar-refractivity contribution >= 4 is 15.7 Å². The van der Waals surface area contributed by atoms with Gasteiger partial charge in [-0.05, 0) is 24.3 Å². The van der Waals surface area contributed by atoms with Crippen molar-refractivity contribution in [2.45, 2.75) is 18.4 Å². The van der Waals surface area contributed by atoms with E-state index >= 15 is 0 Å². The molecule has 0 amide bonds. The van der Waals surface area contributed by atoms with Crippen molar-refractivity contribution in [2.24, 2.45) is 0 Å². The summed E-state index contributed by atoms with van der Waals surface area (Å²) in [5.41, 5.74) is 0.463. The third-order valence-electron chi connectivity index (χ3n) is 2.79. The molecule has 0 unspecified atom stereocenters. The Balaban J connectivity index is 2.36. The van der Waals surface area contributed by atoms with Crippen molar-refractivity contribution in [3.05, 3.63) is 36.3 Å². The zero-order valence-electron chi connectivity index (χ0n) is 10.7. The molecule has 0 bridgehead atoms. The molecule has 0 atom stereocenters. The van der Waals surface area contributed by atoms with Crippen LogP contribution in [0.15, 0.2) is 35.5 Å². The fourth-order valence-corrected chi connectivity index (χ4v) is 2.73. The van der Waals surface area contributed by atoms with Gasteiger partial charge >= 0.3 is 0 Å². The number of aromatic amines is 1. The van der Waals surface area contributed by atoms with E-state index in [-0.39, 0.29) is 10.8 Å². The van der Waals surface area contributed by atoms with E-state index in [9.17, 15) is 13.5 Å². The highest BCUT2D eigenvalue weighted by Gasteiger charge is 2.23. The second-order valence-electron chi connectivity index (χ2n) is 4.04. The third-order valence-corrected chi connectivity index (χ3v) is 4.49. The third kappa shape index (κ3) is 2.55.